The second kappa shape index (κ2) is 8.15. The van der Waals surface area contributed by atoms with Crippen LogP contribution in [0.2, 0.25) is 5.02 Å². The van der Waals surface area contributed by atoms with Crippen LogP contribution in [0.15, 0.2) is 23.4 Å². The van der Waals surface area contributed by atoms with Gasteiger partial charge in [0, 0.05) is 16.8 Å². The summed E-state index contributed by atoms with van der Waals surface area (Å²) >= 11 is 7.40. The summed E-state index contributed by atoms with van der Waals surface area (Å²) in [7, 11) is 0. The average molecular weight is 389 g/mol. The zero-order valence-corrected chi connectivity index (χ0v) is 16.5. The summed E-state index contributed by atoms with van der Waals surface area (Å²) in [6, 6.07) is 7.38. The predicted octanol–water partition coefficient (Wildman–Crippen LogP) is 4.87. The van der Waals surface area contributed by atoms with Crippen LogP contribution in [0.25, 0.3) is 0 Å². The summed E-state index contributed by atoms with van der Waals surface area (Å²) in [6.07, 6.45) is 4.84. The molecule has 7 heteroatoms. The Kier molecular flexibility index (Phi) is 5.90. The third-order valence-corrected chi connectivity index (χ3v) is 5.94. The molecule has 0 spiro atoms. The molecular weight excluding hydrogens is 368 g/mol. The molecule has 0 bridgehead atoms. The molecule has 0 saturated heterocycles. The van der Waals surface area contributed by atoms with Gasteiger partial charge in [-0.1, -0.05) is 36.2 Å². The van der Waals surface area contributed by atoms with Crippen LogP contribution in [-0.2, 0) is 4.79 Å². The van der Waals surface area contributed by atoms with E-state index in [1.807, 2.05) is 6.92 Å². The molecular formula is C19H21ClN4OS. The lowest BCUT2D eigenvalue weighted by Gasteiger charge is -2.17. The molecule has 0 aliphatic heterocycles. The van der Waals surface area contributed by atoms with Gasteiger partial charge in [0.25, 0.3) is 0 Å². The molecule has 1 aromatic carbocycles. The summed E-state index contributed by atoms with van der Waals surface area (Å²) in [6.45, 7) is 4.10. The number of nitriles is 1. The Hall–Kier alpha value is -1.97. The normalized spacial score (nSPS) is 14.4. The summed E-state index contributed by atoms with van der Waals surface area (Å²) in [5.41, 5.74) is 3.03. The molecule has 136 valence electrons. The molecule has 26 heavy (non-hydrogen) atoms. The van der Waals surface area contributed by atoms with Crippen molar-refractivity contribution >= 4 is 35.0 Å². The van der Waals surface area contributed by atoms with E-state index >= 15 is 0 Å². The number of rotatable bonds is 5. The number of thioether (sulfide) groups is 1. The van der Waals surface area contributed by atoms with E-state index in [0.29, 0.717) is 22.3 Å². The number of carbonyl (C=O) groups excluding carboxylic acids is 1. The number of amides is 1. The van der Waals surface area contributed by atoms with Crippen LogP contribution in [0, 0.1) is 25.2 Å². The zero-order valence-electron chi connectivity index (χ0n) is 14.9. The first-order chi connectivity index (χ1) is 12.5. The SMILES string of the molecule is Cc1nc(SCC(=O)Nc2cc(Cl)ccc2C#N)n(C2CCCC2)c1C. The maximum absolute atomic E-state index is 12.4. The molecule has 1 N–H and O–H groups in total. The molecule has 1 saturated carbocycles. The Morgan fingerprint density at radius 1 is 1.42 bits per heavy atom. The number of nitrogens with one attached hydrogen (secondary N) is 1. The van der Waals surface area contributed by atoms with Crippen molar-refractivity contribution in [2.24, 2.45) is 0 Å². The van der Waals surface area contributed by atoms with Crippen molar-refractivity contribution in [1.29, 1.82) is 5.26 Å². The maximum Gasteiger partial charge on any atom is 0.234 e. The number of aryl methyl sites for hydroxylation is 1. The van der Waals surface area contributed by atoms with Gasteiger partial charge in [-0.2, -0.15) is 5.26 Å². The summed E-state index contributed by atoms with van der Waals surface area (Å²) in [5.74, 6) is 0.0602. The Labute approximate surface area is 162 Å². The van der Waals surface area contributed by atoms with E-state index in [0.717, 1.165) is 10.9 Å². The Morgan fingerprint density at radius 2 is 2.15 bits per heavy atom. The molecule has 2 aromatic rings. The zero-order chi connectivity index (χ0) is 18.7. The van der Waals surface area contributed by atoms with Crippen molar-refractivity contribution in [3.63, 3.8) is 0 Å². The first-order valence-electron chi connectivity index (χ1n) is 8.67. The fourth-order valence-corrected chi connectivity index (χ4v) is 4.46. The van der Waals surface area contributed by atoms with Gasteiger partial charge in [-0.05, 0) is 44.9 Å². The maximum atomic E-state index is 12.4. The Morgan fingerprint density at radius 3 is 2.85 bits per heavy atom. The van der Waals surface area contributed by atoms with Crippen molar-refractivity contribution in [3.8, 4) is 6.07 Å². The molecule has 0 atom stereocenters. The molecule has 0 radical (unpaired) electrons. The number of carbonyl (C=O) groups is 1. The average Bonchev–Trinajstić information content (AvgIpc) is 3.22. The van der Waals surface area contributed by atoms with Gasteiger partial charge >= 0.3 is 0 Å². The van der Waals surface area contributed by atoms with E-state index in [1.54, 1.807) is 18.2 Å². The van der Waals surface area contributed by atoms with Gasteiger partial charge in [0.15, 0.2) is 5.16 Å². The number of aromatic nitrogens is 2. The van der Waals surface area contributed by atoms with Crippen molar-refractivity contribution < 1.29 is 4.79 Å². The van der Waals surface area contributed by atoms with E-state index in [4.69, 9.17) is 16.9 Å². The highest BCUT2D eigenvalue weighted by atomic mass is 35.5. The van der Waals surface area contributed by atoms with Gasteiger partial charge in [-0.3, -0.25) is 4.79 Å². The first kappa shape index (κ1) is 18.8. The third-order valence-electron chi connectivity index (χ3n) is 4.75. The molecule has 1 amide bonds. The molecule has 1 aromatic heterocycles. The van der Waals surface area contributed by atoms with E-state index in [1.165, 1.54) is 43.1 Å². The van der Waals surface area contributed by atoms with Crippen LogP contribution in [-0.4, -0.2) is 21.2 Å². The highest BCUT2D eigenvalue weighted by Crippen LogP contribution is 2.35. The van der Waals surface area contributed by atoms with E-state index in [2.05, 4.69) is 27.9 Å². The number of anilines is 1. The second-order valence-electron chi connectivity index (χ2n) is 6.51. The van der Waals surface area contributed by atoms with Crippen LogP contribution in [0.5, 0.6) is 0 Å². The monoisotopic (exact) mass is 388 g/mol. The molecule has 0 unspecified atom stereocenters. The van der Waals surface area contributed by atoms with Gasteiger partial charge < -0.3 is 9.88 Å². The van der Waals surface area contributed by atoms with Crippen LogP contribution in [0.1, 0.15) is 48.7 Å². The summed E-state index contributed by atoms with van der Waals surface area (Å²) < 4.78 is 2.29. The highest BCUT2D eigenvalue weighted by Gasteiger charge is 2.23. The first-order valence-corrected chi connectivity index (χ1v) is 10.0. The largest absolute Gasteiger partial charge is 0.324 e. The topological polar surface area (TPSA) is 70.7 Å². The molecule has 1 heterocycles. The lowest BCUT2D eigenvalue weighted by atomic mass is 10.2. The van der Waals surface area contributed by atoms with Gasteiger partial charge in [0.2, 0.25) is 5.91 Å². The molecule has 3 rings (SSSR count). The number of halogens is 1. The van der Waals surface area contributed by atoms with Gasteiger partial charge in [-0.15, -0.1) is 0 Å². The van der Waals surface area contributed by atoms with Crippen molar-refractivity contribution in [2.45, 2.75) is 50.7 Å². The molecule has 1 fully saturated rings. The number of imidazole rings is 1. The van der Waals surface area contributed by atoms with Crippen molar-refractivity contribution in [1.82, 2.24) is 9.55 Å². The van der Waals surface area contributed by atoms with Gasteiger partial charge in [0.1, 0.15) is 6.07 Å². The van der Waals surface area contributed by atoms with Crippen LogP contribution >= 0.6 is 23.4 Å². The second-order valence-corrected chi connectivity index (χ2v) is 7.89. The van der Waals surface area contributed by atoms with E-state index < -0.39 is 0 Å². The third kappa shape index (κ3) is 4.05. The van der Waals surface area contributed by atoms with Crippen molar-refractivity contribution in [3.05, 3.63) is 40.2 Å². The highest BCUT2D eigenvalue weighted by molar-refractivity contribution is 7.99. The molecule has 1 aliphatic rings. The molecule has 5 nitrogen and oxygen atoms in total. The van der Waals surface area contributed by atoms with Crippen LogP contribution in [0.4, 0.5) is 5.69 Å². The Bertz CT molecular complexity index is 865. The predicted molar refractivity (Wildman–Crippen MR) is 105 cm³/mol. The fraction of sp³-hybridized carbons (Fsp3) is 0.421. The molecule has 1 aliphatic carbocycles. The number of benzene rings is 1. The minimum atomic E-state index is -0.176. The van der Waals surface area contributed by atoms with Gasteiger partial charge in [-0.25, -0.2) is 4.98 Å². The van der Waals surface area contributed by atoms with E-state index in [-0.39, 0.29) is 11.7 Å². The standard InChI is InChI=1S/C19H21ClN4OS/c1-12-13(2)24(16-5-3-4-6-16)19(22-12)26-11-18(25)23-17-9-15(20)8-7-14(17)10-21/h7-9,16H,3-6,11H2,1-2H3,(H,23,25). The number of hydrogen-bond acceptors (Lipinski definition) is 4. The van der Waals surface area contributed by atoms with E-state index in [9.17, 15) is 4.79 Å². The minimum Gasteiger partial charge on any atom is -0.324 e. The smallest absolute Gasteiger partial charge is 0.234 e. The number of nitrogens with zero attached hydrogens (tertiary/aromatic N) is 3. The van der Waals surface area contributed by atoms with Gasteiger partial charge in [0.05, 0.1) is 22.7 Å². The van der Waals surface area contributed by atoms with Crippen LogP contribution in [0.3, 0.4) is 0 Å². The fourth-order valence-electron chi connectivity index (χ4n) is 3.32. The van der Waals surface area contributed by atoms with Crippen LogP contribution < -0.4 is 5.32 Å². The lowest BCUT2D eigenvalue weighted by molar-refractivity contribution is -0.113. The lowest BCUT2D eigenvalue weighted by Crippen LogP contribution is -2.16. The minimum absolute atomic E-state index is 0.176. The number of hydrogen-bond donors (Lipinski definition) is 1. The van der Waals surface area contributed by atoms with Crippen molar-refractivity contribution in [2.75, 3.05) is 11.1 Å². The summed E-state index contributed by atoms with van der Waals surface area (Å²) in [5, 5.41) is 13.3. The quantitative estimate of drug-likeness (QED) is 0.741. The Balaban J connectivity index is 1.70. The summed E-state index contributed by atoms with van der Waals surface area (Å²) in [4.78, 5) is 17.0.